The predicted octanol–water partition coefficient (Wildman–Crippen LogP) is 4.23. The molecule has 0 saturated heterocycles. The molecule has 0 aliphatic heterocycles. The molecule has 3 aromatic rings. The first kappa shape index (κ1) is 13.2. The van der Waals surface area contributed by atoms with Crippen molar-refractivity contribution >= 4 is 22.6 Å². The summed E-state index contributed by atoms with van der Waals surface area (Å²) < 4.78 is 11.0. The molecule has 0 aliphatic rings. The second kappa shape index (κ2) is 5.31. The highest BCUT2D eigenvalue weighted by molar-refractivity contribution is 6.30. The van der Waals surface area contributed by atoms with Gasteiger partial charge in [0.15, 0.2) is 5.22 Å². The lowest BCUT2D eigenvalue weighted by Gasteiger charge is -2.09. The number of nitrogens with zero attached hydrogens (tertiary/aromatic N) is 1. The molecule has 4 nitrogen and oxygen atoms in total. The zero-order valence-corrected chi connectivity index (χ0v) is 12.1. The summed E-state index contributed by atoms with van der Waals surface area (Å²) >= 11 is 6.16. The maximum atomic E-state index is 6.16. The number of oxazole rings is 1. The summed E-state index contributed by atoms with van der Waals surface area (Å²) in [7, 11) is 0. The minimum atomic E-state index is 0.00780. The number of rotatable bonds is 4. The van der Waals surface area contributed by atoms with Crippen molar-refractivity contribution < 1.29 is 8.83 Å². The van der Waals surface area contributed by atoms with Crippen molar-refractivity contribution in [3.63, 3.8) is 0 Å². The molecule has 0 radical (unpaired) electrons. The Labute approximate surface area is 121 Å². The number of benzene rings is 1. The summed E-state index contributed by atoms with van der Waals surface area (Å²) in [6.07, 6.45) is 1.72. The Bertz CT molecular complexity index is 732. The van der Waals surface area contributed by atoms with Crippen molar-refractivity contribution in [3.8, 4) is 0 Å². The molecule has 0 spiro atoms. The van der Waals surface area contributed by atoms with E-state index < -0.39 is 0 Å². The summed E-state index contributed by atoms with van der Waals surface area (Å²) in [4.78, 5) is 4.21. The van der Waals surface area contributed by atoms with Gasteiger partial charge in [0.25, 0.3) is 0 Å². The zero-order valence-electron chi connectivity index (χ0n) is 11.3. The van der Waals surface area contributed by atoms with Crippen LogP contribution in [0.5, 0.6) is 0 Å². The van der Waals surface area contributed by atoms with Crippen molar-refractivity contribution in [3.05, 3.63) is 52.9 Å². The average molecular weight is 291 g/mol. The molecular weight excluding hydrogens is 276 g/mol. The van der Waals surface area contributed by atoms with Gasteiger partial charge in [0.1, 0.15) is 11.3 Å². The van der Waals surface area contributed by atoms with Crippen molar-refractivity contribution in [1.82, 2.24) is 10.3 Å². The predicted molar refractivity (Wildman–Crippen MR) is 77.7 cm³/mol. The van der Waals surface area contributed by atoms with E-state index in [1.807, 2.05) is 38.1 Å². The van der Waals surface area contributed by atoms with Crippen LogP contribution in [0.1, 0.15) is 30.2 Å². The van der Waals surface area contributed by atoms with Crippen molar-refractivity contribution in [2.24, 2.45) is 0 Å². The lowest BCUT2D eigenvalue weighted by molar-refractivity contribution is 0.402. The van der Waals surface area contributed by atoms with Crippen molar-refractivity contribution in [1.29, 1.82) is 0 Å². The lowest BCUT2D eigenvalue weighted by atomic mass is 10.1. The molecule has 5 heteroatoms. The van der Waals surface area contributed by atoms with Gasteiger partial charge in [-0.15, -0.1) is 0 Å². The zero-order chi connectivity index (χ0) is 14.1. The van der Waals surface area contributed by atoms with E-state index in [1.54, 1.807) is 6.20 Å². The molecular formula is C15H15ClN2O2. The molecule has 1 N–H and O–H groups in total. The molecule has 0 bridgehead atoms. The Morgan fingerprint density at radius 2 is 2.10 bits per heavy atom. The fourth-order valence-corrected chi connectivity index (χ4v) is 2.40. The van der Waals surface area contributed by atoms with Crippen LogP contribution in [-0.2, 0) is 6.54 Å². The number of fused-ring (bicyclic) bond motifs is 1. The van der Waals surface area contributed by atoms with Gasteiger partial charge in [-0.05, 0) is 31.5 Å². The van der Waals surface area contributed by atoms with Crippen LogP contribution in [-0.4, -0.2) is 4.98 Å². The lowest BCUT2D eigenvalue weighted by Crippen LogP contribution is -2.18. The van der Waals surface area contributed by atoms with Gasteiger partial charge in [-0.2, -0.15) is 0 Å². The van der Waals surface area contributed by atoms with E-state index in [9.17, 15) is 0 Å². The highest BCUT2D eigenvalue weighted by atomic mass is 35.5. The average Bonchev–Trinajstić information content (AvgIpc) is 2.99. The van der Waals surface area contributed by atoms with Gasteiger partial charge in [-0.25, -0.2) is 4.98 Å². The van der Waals surface area contributed by atoms with Crippen LogP contribution in [0.3, 0.4) is 0 Å². The van der Waals surface area contributed by atoms with Crippen LogP contribution in [0.25, 0.3) is 11.0 Å². The highest BCUT2D eigenvalue weighted by Gasteiger charge is 2.15. The van der Waals surface area contributed by atoms with E-state index in [-0.39, 0.29) is 6.04 Å². The minimum Gasteiger partial charge on any atom is -0.444 e. The Hall–Kier alpha value is -1.78. The summed E-state index contributed by atoms with van der Waals surface area (Å²) in [6, 6.07) is 7.82. The topological polar surface area (TPSA) is 51.2 Å². The minimum absolute atomic E-state index is 0.00780. The largest absolute Gasteiger partial charge is 0.444 e. The molecule has 1 unspecified atom stereocenters. The quantitative estimate of drug-likeness (QED) is 0.781. The van der Waals surface area contributed by atoms with E-state index >= 15 is 0 Å². The Kier molecular flexibility index (Phi) is 3.51. The standard InChI is InChI=1S/C15H15ClN2O2/c1-9-7-18-15(19-9)10(2)17-8-12-11-5-3-4-6-13(11)20-14(12)16/h3-7,10,17H,8H2,1-2H3. The molecule has 2 aromatic heterocycles. The Balaban J connectivity index is 1.78. The third kappa shape index (κ3) is 2.44. The number of para-hydroxylation sites is 1. The number of halogens is 1. The van der Waals surface area contributed by atoms with Gasteiger partial charge in [0.2, 0.25) is 5.89 Å². The van der Waals surface area contributed by atoms with Gasteiger partial charge in [0.05, 0.1) is 12.2 Å². The van der Waals surface area contributed by atoms with E-state index in [2.05, 4.69) is 10.3 Å². The van der Waals surface area contributed by atoms with Gasteiger partial charge < -0.3 is 14.2 Å². The number of aryl methyl sites for hydroxylation is 1. The maximum absolute atomic E-state index is 6.16. The number of aromatic nitrogens is 1. The summed E-state index contributed by atoms with van der Waals surface area (Å²) in [6.45, 7) is 4.48. The summed E-state index contributed by atoms with van der Waals surface area (Å²) in [5.74, 6) is 1.48. The summed E-state index contributed by atoms with van der Waals surface area (Å²) in [5.41, 5.74) is 1.76. The SMILES string of the molecule is Cc1cnc(C(C)NCc2c(Cl)oc3ccccc23)o1. The normalized spacial score (nSPS) is 12.9. The molecule has 0 aliphatic carbocycles. The maximum Gasteiger partial charge on any atom is 0.211 e. The van der Waals surface area contributed by atoms with Crippen molar-refractivity contribution in [2.45, 2.75) is 26.4 Å². The van der Waals surface area contributed by atoms with Crippen molar-refractivity contribution in [2.75, 3.05) is 0 Å². The monoisotopic (exact) mass is 290 g/mol. The van der Waals surface area contributed by atoms with E-state index in [0.717, 1.165) is 22.3 Å². The second-order valence-electron chi connectivity index (χ2n) is 4.76. The molecule has 0 saturated carbocycles. The molecule has 104 valence electrons. The third-order valence-electron chi connectivity index (χ3n) is 3.24. The number of hydrogen-bond acceptors (Lipinski definition) is 4. The van der Waals surface area contributed by atoms with E-state index in [4.69, 9.17) is 20.4 Å². The first-order chi connectivity index (χ1) is 9.65. The smallest absolute Gasteiger partial charge is 0.211 e. The third-order valence-corrected chi connectivity index (χ3v) is 3.55. The van der Waals surface area contributed by atoms with Crippen LogP contribution < -0.4 is 5.32 Å². The van der Waals surface area contributed by atoms with Crippen LogP contribution in [0, 0.1) is 6.92 Å². The van der Waals surface area contributed by atoms with Gasteiger partial charge in [-0.3, -0.25) is 0 Å². The fourth-order valence-electron chi connectivity index (χ4n) is 2.15. The first-order valence-electron chi connectivity index (χ1n) is 6.47. The molecule has 0 fully saturated rings. The summed E-state index contributed by atoms with van der Waals surface area (Å²) in [5, 5.41) is 4.80. The second-order valence-corrected chi connectivity index (χ2v) is 5.11. The van der Waals surface area contributed by atoms with Gasteiger partial charge in [-0.1, -0.05) is 18.2 Å². The van der Waals surface area contributed by atoms with Crippen LogP contribution in [0.15, 0.2) is 39.3 Å². The van der Waals surface area contributed by atoms with Crippen LogP contribution >= 0.6 is 11.6 Å². The van der Waals surface area contributed by atoms with Gasteiger partial charge >= 0.3 is 0 Å². The molecule has 1 aromatic carbocycles. The number of nitrogens with one attached hydrogen (secondary N) is 1. The molecule has 0 amide bonds. The first-order valence-corrected chi connectivity index (χ1v) is 6.84. The number of hydrogen-bond donors (Lipinski definition) is 1. The van der Waals surface area contributed by atoms with Crippen LogP contribution in [0.2, 0.25) is 5.22 Å². The van der Waals surface area contributed by atoms with Crippen LogP contribution in [0.4, 0.5) is 0 Å². The molecule has 2 heterocycles. The molecule has 3 rings (SSSR count). The molecule has 1 atom stereocenters. The Morgan fingerprint density at radius 1 is 1.30 bits per heavy atom. The fraction of sp³-hybridized carbons (Fsp3) is 0.267. The molecule has 20 heavy (non-hydrogen) atoms. The number of furan rings is 1. The van der Waals surface area contributed by atoms with Gasteiger partial charge in [0, 0.05) is 17.5 Å². The van der Waals surface area contributed by atoms with E-state index in [1.165, 1.54) is 0 Å². The highest BCUT2D eigenvalue weighted by Crippen LogP contribution is 2.29. The van der Waals surface area contributed by atoms with E-state index in [0.29, 0.717) is 17.7 Å². The Morgan fingerprint density at radius 3 is 2.85 bits per heavy atom.